The molecule has 0 aromatic carbocycles. The summed E-state index contributed by atoms with van der Waals surface area (Å²) in [6.07, 6.45) is 0.711. The number of aromatic nitrogens is 2. The molecule has 1 heterocycles. The van der Waals surface area contributed by atoms with E-state index in [2.05, 4.69) is 16.5 Å². The highest BCUT2D eigenvalue weighted by atomic mass is 16.1. The molecule has 58 valence electrons. The molecule has 0 unspecified atom stereocenters. The zero-order valence-electron chi connectivity index (χ0n) is 6.64. The topological polar surface area (TPSA) is 45.8 Å². The highest BCUT2D eigenvalue weighted by Gasteiger charge is 2.05. The van der Waals surface area contributed by atoms with Crippen LogP contribution in [0.5, 0.6) is 0 Å². The predicted octanol–water partition coefficient (Wildman–Crippen LogP) is 1.24. The van der Waals surface area contributed by atoms with Crippen molar-refractivity contribution in [2.45, 2.75) is 13.8 Å². The molecule has 0 saturated carbocycles. The molecule has 0 aliphatic heterocycles. The lowest BCUT2D eigenvalue weighted by Crippen LogP contribution is -1.86. The second kappa shape index (κ2) is 2.70. The molecule has 0 radical (unpaired) electrons. The van der Waals surface area contributed by atoms with Gasteiger partial charge in [-0.2, -0.15) is 0 Å². The highest BCUT2D eigenvalue weighted by molar-refractivity contribution is 6.05. The minimum atomic E-state index is 0.423. The van der Waals surface area contributed by atoms with Crippen molar-refractivity contribution in [3.63, 3.8) is 0 Å². The van der Waals surface area contributed by atoms with Gasteiger partial charge in [-0.05, 0) is 13.8 Å². The first kappa shape index (κ1) is 7.72. The van der Waals surface area contributed by atoms with E-state index in [4.69, 9.17) is 0 Å². The third-order valence-electron chi connectivity index (χ3n) is 1.45. The van der Waals surface area contributed by atoms with E-state index in [9.17, 15) is 4.79 Å². The number of H-pyrrole nitrogens is 1. The van der Waals surface area contributed by atoms with Gasteiger partial charge in [0.2, 0.25) is 0 Å². The Labute approximate surface area is 65.2 Å². The van der Waals surface area contributed by atoms with Crippen LogP contribution in [0.15, 0.2) is 6.58 Å². The number of rotatable bonds is 2. The van der Waals surface area contributed by atoms with E-state index in [1.807, 2.05) is 13.8 Å². The molecule has 3 nitrogen and oxygen atoms in total. The van der Waals surface area contributed by atoms with E-state index >= 15 is 0 Å². The summed E-state index contributed by atoms with van der Waals surface area (Å²) in [4.78, 5) is 17.4. The summed E-state index contributed by atoms with van der Waals surface area (Å²) >= 11 is 0. The number of hydrogen-bond donors (Lipinski definition) is 1. The van der Waals surface area contributed by atoms with E-state index in [1.54, 1.807) is 0 Å². The average molecular weight is 150 g/mol. The zero-order valence-corrected chi connectivity index (χ0v) is 6.64. The summed E-state index contributed by atoms with van der Waals surface area (Å²) in [5.74, 6) is 0.806. The standard InChI is InChI=1S/C8H10N2O/c1-5(4-11)8-6(2)9-7(3)10-8/h4H,1H2,2-3H3,(H,9,10). The normalized spacial score (nSPS) is 9.64. The number of hydrogen-bond acceptors (Lipinski definition) is 2. The number of nitrogens with one attached hydrogen (secondary N) is 1. The Hall–Kier alpha value is -1.38. The predicted molar refractivity (Wildman–Crippen MR) is 43.2 cm³/mol. The van der Waals surface area contributed by atoms with E-state index < -0.39 is 0 Å². The zero-order chi connectivity index (χ0) is 8.43. The lowest BCUT2D eigenvalue weighted by molar-refractivity contribution is -0.103. The van der Waals surface area contributed by atoms with Crippen LogP contribution < -0.4 is 0 Å². The van der Waals surface area contributed by atoms with Gasteiger partial charge in [-0.25, -0.2) is 4.98 Å². The van der Waals surface area contributed by atoms with Crippen molar-refractivity contribution < 1.29 is 4.79 Å². The first-order valence-corrected chi connectivity index (χ1v) is 3.33. The Balaban J connectivity index is 3.12. The second-order valence-electron chi connectivity index (χ2n) is 2.44. The van der Waals surface area contributed by atoms with E-state index in [1.165, 1.54) is 0 Å². The van der Waals surface area contributed by atoms with E-state index in [0.717, 1.165) is 11.5 Å². The summed E-state index contributed by atoms with van der Waals surface area (Å²) in [7, 11) is 0. The van der Waals surface area contributed by atoms with Gasteiger partial charge in [0.25, 0.3) is 0 Å². The molecule has 0 spiro atoms. The first-order chi connectivity index (χ1) is 5.15. The van der Waals surface area contributed by atoms with Crippen LogP contribution in [0.3, 0.4) is 0 Å². The van der Waals surface area contributed by atoms with Crippen molar-refractivity contribution in [3.8, 4) is 0 Å². The van der Waals surface area contributed by atoms with Crippen LogP contribution >= 0.6 is 0 Å². The monoisotopic (exact) mass is 150 g/mol. The molecule has 0 bridgehead atoms. The van der Waals surface area contributed by atoms with Gasteiger partial charge in [0.1, 0.15) is 5.82 Å². The minimum absolute atomic E-state index is 0.423. The summed E-state index contributed by atoms with van der Waals surface area (Å²) in [5.41, 5.74) is 1.98. The van der Waals surface area contributed by atoms with Crippen LogP contribution in [0.2, 0.25) is 0 Å². The number of carbonyl (C=O) groups excluding carboxylic acids is 1. The number of carbonyl (C=O) groups is 1. The molecule has 0 fully saturated rings. The van der Waals surface area contributed by atoms with Gasteiger partial charge in [0, 0.05) is 11.3 Å². The number of aromatic amines is 1. The number of aryl methyl sites for hydroxylation is 2. The van der Waals surface area contributed by atoms with Crippen LogP contribution in [0.4, 0.5) is 0 Å². The van der Waals surface area contributed by atoms with Crippen LogP contribution in [0, 0.1) is 13.8 Å². The minimum Gasteiger partial charge on any atom is -0.346 e. The molecule has 0 saturated heterocycles. The fraction of sp³-hybridized carbons (Fsp3) is 0.250. The van der Waals surface area contributed by atoms with Crippen LogP contribution in [0.25, 0.3) is 5.57 Å². The fourth-order valence-electron chi connectivity index (χ4n) is 0.979. The molecule has 0 amide bonds. The number of nitrogens with zero attached hydrogens (tertiary/aromatic N) is 1. The van der Waals surface area contributed by atoms with E-state index in [0.29, 0.717) is 17.6 Å². The first-order valence-electron chi connectivity index (χ1n) is 3.33. The fourth-order valence-corrected chi connectivity index (χ4v) is 0.979. The van der Waals surface area contributed by atoms with Gasteiger partial charge in [0.05, 0.1) is 5.69 Å². The van der Waals surface area contributed by atoms with Crippen molar-refractivity contribution in [2.24, 2.45) is 0 Å². The van der Waals surface area contributed by atoms with Crippen LogP contribution in [0.1, 0.15) is 17.2 Å². The Kier molecular flexibility index (Phi) is 1.89. The molecule has 11 heavy (non-hydrogen) atoms. The molecule has 1 aromatic heterocycles. The van der Waals surface area contributed by atoms with Crippen molar-refractivity contribution in [1.82, 2.24) is 9.97 Å². The lowest BCUT2D eigenvalue weighted by atomic mass is 10.2. The number of imidazole rings is 1. The van der Waals surface area contributed by atoms with Gasteiger partial charge < -0.3 is 4.98 Å². The molecule has 1 N–H and O–H groups in total. The Morgan fingerprint density at radius 3 is 2.64 bits per heavy atom. The van der Waals surface area contributed by atoms with Gasteiger partial charge in [-0.15, -0.1) is 0 Å². The number of aldehydes is 1. The van der Waals surface area contributed by atoms with Crippen LogP contribution in [-0.4, -0.2) is 16.3 Å². The molecule has 1 aromatic rings. The largest absolute Gasteiger partial charge is 0.346 e. The maximum atomic E-state index is 10.3. The van der Waals surface area contributed by atoms with E-state index in [-0.39, 0.29) is 0 Å². The van der Waals surface area contributed by atoms with Gasteiger partial charge in [-0.1, -0.05) is 6.58 Å². The molecule has 3 heteroatoms. The molecule has 0 aliphatic rings. The van der Waals surface area contributed by atoms with Crippen molar-refractivity contribution in [1.29, 1.82) is 0 Å². The maximum absolute atomic E-state index is 10.3. The second-order valence-corrected chi connectivity index (χ2v) is 2.44. The third-order valence-corrected chi connectivity index (χ3v) is 1.45. The van der Waals surface area contributed by atoms with Gasteiger partial charge in [0.15, 0.2) is 6.29 Å². The van der Waals surface area contributed by atoms with Gasteiger partial charge >= 0.3 is 0 Å². The SMILES string of the molecule is C=C(C=O)c1nc(C)[nH]c1C. The molecular formula is C8H10N2O. The lowest BCUT2D eigenvalue weighted by Gasteiger charge is -1.90. The molecule has 0 aliphatic carbocycles. The Morgan fingerprint density at radius 1 is 1.64 bits per heavy atom. The quantitative estimate of drug-likeness (QED) is 0.509. The van der Waals surface area contributed by atoms with Crippen molar-refractivity contribution >= 4 is 11.9 Å². The summed E-state index contributed by atoms with van der Waals surface area (Å²) in [5, 5.41) is 0. The van der Waals surface area contributed by atoms with Crippen LogP contribution in [-0.2, 0) is 4.79 Å². The summed E-state index contributed by atoms with van der Waals surface area (Å²) in [6, 6.07) is 0. The average Bonchev–Trinajstić information content (AvgIpc) is 2.28. The molecule has 1 rings (SSSR count). The molecule has 0 atom stereocenters. The smallest absolute Gasteiger partial charge is 0.151 e. The highest BCUT2D eigenvalue weighted by Crippen LogP contribution is 2.11. The van der Waals surface area contributed by atoms with Gasteiger partial charge in [-0.3, -0.25) is 4.79 Å². The Bertz CT molecular complexity index is 299. The summed E-state index contributed by atoms with van der Waals surface area (Å²) in [6.45, 7) is 7.27. The summed E-state index contributed by atoms with van der Waals surface area (Å²) < 4.78 is 0. The van der Waals surface area contributed by atoms with Crippen molar-refractivity contribution in [3.05, 3.63) is 23.8 Å². The van der Waals surface area contributed by atoms with Crippen molar-refractivity contribution in [2.75, 3.05) is 0 Å². The number of allylic oxidation sites excluding steroid dienone is 1. The molecular weight excluding hydrogens is 140 g/mol. The Morgan fingerprint density at radius 2 is 2.27 bits per heavy atom. The maximum Gasteiger partial charge on any atom is 0.151 e. The third kappa shape index (κ3) is 1.37.